The van der Waals surface area contributed by atoms with Gasteiger partial charge in [-0.2, -0.15) is 0 Å². The smallest absolute Gasteiger partial charge is 0.261 e. The van der Waals surface area contributed by atoms with Crippen molar-refractivity contribution in [1.29, 1.82) is 0 Å². The molecule has 0 spiro atoms. The largest absolute Gasteiger partial charge is 0.482 e. The average Bonchev–Trinajstić information content (AvgIpc) is 2.74. The molecular weight excluding hydrogens is 423 g/mol. The first-order chi connectivity index (χ1) is 14.4. The van der Waals surface area contributed by atoms with Gasteiger partial charge in [0.25, 0.3) is 5.91 Å². The fraction of sp³-hybridized carbons (Fsp3) is 0.391. The average molecular weight is 451 g/mol. The van der Waals surface area contributed by atoms with Crippen LogP contribution in [0.2, 0.25) is 10.0 Å². The highest BCUT2D eigenvalue weighted by molar-refractivity contribution is 6.32. The number of halogens is 2. The Morgan fingerprint density at radius 3 is 2.23 bits per heavy atom. The lowest BCUT2D eigenvalue weighted by Gasteiger charge is -2.31. The van der Waals surface area contributed by atoms with Gasteiger partial charge < -0.3 is 15.0 Å². The van der Waals surface area contributed by atoms with Gasteiger partial charge in [-0.3, -0.25) is 9.59 Å². The molecule has 0 fully saturated rings. The van der Waals surface area contributed by atoms with E-state index in [1.54, 1.807) is 30.3 Å². The number of carbonyl (C=O) groups excluding carboxylic acids is 2. The lowest BCUT2D eigenvalue weighted by atomic mass is 10.1. The fourth-order valence-electron chi connectivity index (χ4n) is 2.95. The molecule has 0 aliphatic rings. The van der Waals surface area contributed by atoms with Crippen LogP contribution in [-0.4, -0.2) is 35.4 Å². The maximum Gasteiger partial charge on any atom is 0.261 e. The van der Waals surface area contributed by atoms with Crippen LogP contribution in [0.3, 0.4) is 0 Å². The van der Waals surface area contributed by atoms with Crippen LogP contribution < -0.4 is 10.1 Å². The molecule has 0 aliphatic heterocycles. The number of ether oxygens (including phenoxy) is 1. The van der Waals surface area contributed by atoms with Crippen LogP contribution in [0.25, 0.3) is 0 Å². The van der Waals surface area contributed by atoms with Crippen LogP contribution >= 0.6 is 23.2 Å². The molecule has 2 rings (SSSR count). The van der Waals surface area contributed by atoms with Crippen molar-refractivity contribution in [3.05, 3.63) is 64.1 Å². The molecule has 30 heavy (non-hydrogen) atoms. The minimum atomic E-state index is -0.641. The predicted octanol–water partition coefficient (Wildman–Crippen LogP) is 5.09. The zero-order chi connectivity index (χ0) is 22.1. The van der Waals surface area contributed by atoms with E-state index in [0.29, 0.717) is 22.2 Å². The Balaban J connectivity index is 2.24. The summed E-state index contributed by atoms with van der Waals surface area (Å²) in [5, 5.41) is 3.93. The van der Waals surface area contributed by atoms with Gasteiger partial charge >= 0.3 is 0 Å². The summed E-state index contributed by atoms with van der Waals surface area (Å²) in [5.74, 6) is -0.0895. The van der Waals surface area contributed by atoms with Crippen molar-refractivity contribution in [2.24, 2.45) is 0 Å². The zero-order valence-electron chi connectivity index (χ0n) is 17.5. The summed E-state index contributed by atoms with van der Waals surface area (Å²) in [6, 6.07) is 13.6. The number of para-hydroxylation sites is 1. The Bertz CT molecular complexity index is 860. The van der Waals surface area contributed by atoms with E-state index in [2.05, 4.69) is 5.32 Å². The molecule has 162 valence electrons. The molecule has 5 nitrogen and oxygen atoms in total. The number of nitrogens with one attached hydrogen (secondary N) is 1. The van der Waals surface area contributed by atoms with E-state index >= 15 is 0 Å². The Kier molecular flexibility index (Phi) is 9.47. The molecule has 0 aromatic heterocycles. The van der Waals surface area contributed by atoms with Gasteiger partial charge in [0.1, 0.15) is 11.8 Å². The highest BCUT2D eigenvalue weighted by atomic mass is 35.5. The number of hydrogen-bond acceptors (Lipinski definition) is 3. The minimum Gasteiger partial charge on any atom is -0.482 e. The summed E-state index contributed by atoms with van der Waals surface area (Å²) in [4.78, 5) is 27.6. The summed E-state index contributed by atoms with van der Waals surface area (Å²) >= 11 is 12.4. The molecule has 0 saturated carbocycles. The second-order valence-corrected chi connectivity index (χ2v) is 7.89. The lowest BCUT2D eigenvalue weighted by Crippen LogP contribution is -2.51. The van der Waals surface area contributed by atoms with Crippen molar-refractivity contribution in [3.8, 4) is 5.75 Å². The first kappa shape index (κ1) is 24.0. The molecule has 0 heterocycles. The molecule has 7 heteroatoms. The first-order valence-corrected chi connectivity index (χ1v) is 10.8. The lowest BCUT2D eigenvalue weighted by molar-refractivity contribution is -0.143. The van der Waals surface area contributed by atoms with Crippen LogP contribution in [0.1, 0.15) is 39.2 Å². The molecule has 0 bridgehead atoms. The van der Waals surface area contributed by atoms with Crippen LogP contribution in [0.15, 0.2) is 48.5 Å². The van der Waals surface area contributed by atoms with Gasteiger partial charge in [-0.1, -0.05) is 67.4 Å². The maximum atomic E-state index is 13.1. The number of hydrogen-bond donors (Lipinski definition) is 1. The van der Waals surface area contributed by atoms with Crippen LogP contribution in [-0.2, 0) is 16.1 Å². The number of benzene rings is 2. The summed E-state index contributed by atoms with van der Waals surface area (Å²) in [6.45, 7) is 5.78. The van der Waals surface area contributed by atoms with Crippen molar-refractivity contribution in [3.63, 3.8) is 0 Å². The Labute approximate surface area is 188 Å². The van der Waals surface area contributed by atoms with Gasteiger partial charge in [0.05, 0.1) is 5.02 Å². The standard InChI is InChI=1S/C23H28Cl2N2O3/c1-4-16(3)26-23(29)20(5-2)27(14-17-10-6-7-11-18(17)24)22(28)15-30-21-13-9-8-12-19(21)25/h6-13,16,20H,4-5,14-15H2,1-3H3,(H,26,29). The third-order valence-corrected chi connectivity index (χ3v) is 5.55. The Hall–Kier alpha value is -2.24. The van der Waals surface area contributed by atoms with E-state index < -0.39 is 6.04 Å². The van der Waals surface area contributed by atoms with Gasteiger partial charge in [-0.05, 0) is 43.5 Å². The zero-order valence-corrected chi connectivity index (χ0v) is 19.0. The number of amides is 2. The van der Waals surface area contributed by atoms with Crippen LogP contribution in [0.5, 0.6) is 5.75 Å². The van der Waals surface area contributed by atoms with Gasteiger partial charge in [0.15, 0.2) is 6.61 Å². The number of rotatable bonds is 10. The topological polar surface area (TPSA) is 58.6 Å². The van der Waals surface area contributed by atoms with E-state index in [0.717, 1.165) is 12.0 Å². The third-order valence-electron chi connectivity index (χ3n) is 4.87. The Morgan fingerprint density at radius 1 is 1.00 bits per heavy atom. The molecule has 2 aromatic carbocycles. The molecular formula is C23H28Cl2N2O3. The number of nitrogens with zero attached hydrogens (tertiary/aromatic N) is 1. The molecule has 2 atom stereocenters. The van der Waals surface area contributed by atoms with Crippen LogP contribution in [0.4, 0.5) is 0 Å². The highest BCUT2D eigenvalue weighted by Gasteiger charge is 2.30. The first-order valence-electron chi connectivity index (χ1n) is 10.1. The predicted molar refractivity (Wildman–Crippen MR) is 121 cm³/mol. The summed E-state index contributed by atoms with van der Waals surface area (Å²) in [6.07, 6.45) is 1.26. The monoisotopic (exact) mass is 450 g/mol. The van der Waals surface area contributed by atoms with E-state index in [1.807, 2.05) is 39.0 Å². The van der Waals surface area contributed by atoms with E-state index in [-0.39, 0.29) is 31.0 Å². The molecule has 0 aliphatic carbocycles. The molecule has 2 aromatic rings. The van der Waals surface area contributed by atoms with Gasteiger partial charge in [-0.15, -0.1) is 0 Å². The normalized spacial score (nSPS) is 12.7. The molecule has 2 unspecified atom stereocenters. The third kappa shape index (κ3) is 6.64. The molecule has 1 N–H and O–H groups in total. The van der Waals surface area contributed by atoms with Crippen molar-refractivity contribution >= 4 is 35.0 Å². The summed E-state index contributed by atoms with van der Waals surface area (Å²) in [5.41, 5.74) is 0.764. The quantitative estimate of drug-likeness (QED) is 0.547. The van der Waals surface area contributed by atoms with E-state index in [4.69, 9.17) is 27.9 Å². The highest BCUT2D eigenvalue weighted by Crippen LogP contribution is 2.24. The SMILES string of the molecule is CCC(C)NC(=O)C(CC)N(Cc1ccccc1Cl)C(=O)COc1ccccc1Cl. The van der Waals surface area contributed by atoms with Crippen LogP contribution in [0, 0.1) is 0 Å². The van der Waals surface area contributed by atoms with Crippen molar-refractivity contribution in [2.75, 3.05) is 6.61 Å². The van der Waals surface area contributed by atoms with Crippen molar-refractivity contribution in [1.82, 2.24) is 10.2 Å². The Morgan fingerprint density at radius 2 is 1.63 bits per heavy atom. The summed E-state index contributed by atoms with van der Waals surface area (Å²) in [7, 11) is 0. The maximum absolute atomic E-state index is 13.1. The molecule has 0 radical (unpaired) electrons. The van der Waals surface area contributed by atoms with Crippen molar-refractivity contribution in [2.45, 2.75) is 52.2 Å². The number of carbonyl (C=O) groups is 2. The second kappa shape index (κ2) is 11.8. The summed E-state index contributed by atoms with van der Waals surface area (Å²) < 4.78 is 5.64. The molecule has 0 saturated heterocycles. The van der Waals surface area contributed by atoms with Crippen molar-refractivity contribution < 1.29 is 14.3 Å². The minimum absolute atomic E-state index is 0.0168. The van der Waals surface area contributed by atoms with E-state index in [1.165, 1.54) is 4.90 Å². The second-order valence-electron chi connectivity index (χ2n) is 7.07. The van der Waals surface area contributed by atoms with E-state index in [9.17, 15) is 9.59 Å². The van der Waals surface area contributed by atoms with Gasteiger partial charge in [0.2, 0.25) is 5.91 Å². The van der Waals surface area contributed by atoms with Gasteiger partial charge in [-0.25, -0.2) is 0 Å². The van der Waals surface area contributed by atoms with Gasteiger partial charge in [0, 0.05) is 17.6 Å². The fourth-order valence-corrected chi connectivity index (χ4v) is 3.34. The molecule has 2 amide bonds.